The Morgan fingerprint density at radius 2 is 1.87 bits per heavy atom. The van der Waals surface area contributed by atoms with Gasteiger partial charge in [-0.1, -0.05) is 0 Å². The number of alkyl halides is 2. The number of nitrogens with zero attached hydrogens (tertiary/aromatic N) is 5. The molecular formula is C20H16F3N7. The molecule has 4 rings (SSSR count). The molecule has 0 aliphatic heterocycles. The van der Waals surface area contributed by atoms with Gasteiger partial charge in [0.05, 0.1) is 22.2 Å². The van der Waals surface area contributed by atoms with Crippen LogP contribution < -0.4 is 5.49 Å². The number of hydrogen-bond donors (Lipinski definition) is 2. The minimum atomic E-state index is -4.04. The van der Waals surface area contributed by atoms with Gasteiger partial charge >= 0.3 is 5.92 Å². The number of rotatable bonds is 3. The molecule has 0 aliphatic rings. The minimum Gasteiger partial charge on any atom is -0.283 e. The number of fused-ring (bicyclic) bond motifs is 1. The van der Waals surface area contributed by atoms with Crippen LogP contribution in [0, 0.1) is 23.6 Å². The molecule has 1 aromatic carbocycles. The monoisotopic (exact) mass is 411 g/mol. The van der Waals surface area contributed by atoms with Crippen LogP contribution in [-0.4, -0.2) is 30.4 Å². The lowest BCUT2D eigenvalue weighted by Gasteiger charge is -2.20. The van der Waals surface area contributed by atoms with E-state index in [1.807, 2.05) is 6.92 Å². The normalized spacial score (nSPS) is 11.8. The Hall–Kier alpha value is -3.82. The van der Waals surface area contributed by atoms with E-state index in [9.17, 15) is 4.39 Å². The summed E-state index contributed by atoms with van der Waals surface area (Å²) in [6.45, 7) is 1.82. The molecule has 2 N–H and O–H groups in total. The van der Waals surface area contributed by atoms with Gasteiger partial charge in [-0.15, -0.1) is 0 Å². The molecule has 0 fully saturated rings. The number of benzene rings is 1. The van der Waals surface area contributed by atoms with Gasteiger partial charge in [-0.25, -0.2) is 4.39 Å². The van der Waals surface area contributed by atoms with Crippen LogP contribution in [-0.2, 0) is 13.0 Å². The Morgan fingerprint density at radius 3 is 2.60 bits per heavy atom. The SMILES string of the molecule is Cc1cncc(-c2ccc(=N)n(C(=N)C(F)(F)c3ccc4nn(C)cc4c3F)n2)c1. The third kappa shape index (κ3) is 3.15. The maximum Gasteiger partial charge on any atom is 0.334 e. The van der Waals surface area contributed by atoms with Gasteiger partial charge in [-0.2, -0.15) is 23.7 Å². The van der Waals surface area contributed by atoms with Gasteiger partial charge in [0.15, 0.2) is 5.84 Å². The van der Waals surface area contributed by atoms with Gasteiger partial charge < -0.3 is 0 Å². The second kappa shape index (κ2) is 6.90. The second-order valence-corrected chi connectivity index (χ2v) is 6.85. The highest BCUT2D eigenvalue weighted by Gasteiger charge is 2.42. The standard InChI is InChI=1S/C20H16F3N7/c1-11-7-12(9-26-8-11)15-5-6-17(24)30(28-15)19(25)20(22,23)14-3-4-16-13(18(14)21)10-29(2)27-16/h3-10,24-25H,1-2H3. The molecule has 3 heterocycles. The molecule has 0 atom stereocenters. The fraction of sp³-hybridized carbons (Fsp3) is 0.150. The first-order chi connectivity index (χ1) is 14.2. The first-order valence-corrected chi connectivity index (χ1v) is 8.85. The number of aromatic nitrogens is 5. The lowest BCUT2D eigenvalue weighted by molar-refractivity contribution is 0.0657. The lowest BCUT2D eigenvalue weighted by atomic mass is 10.0. The van der Waals surface area contributed by atoms with Crippen molar-refractivity contribution < 1.29 is 13.2 Å². The zero-order valence-electron chi connectivity index (χ0n) is 16.0. The van der Waals surface area contributed by atoms with E-state index >= 15 is 8.78 Å². The number of aryl methyl sites for hydroxylation is 2. The fourth-order valence-electron chi connectivity index (χ4n) is 3.12. The van der Waals surface area contributed by atoms with E-state index in [4.69, 9.17) is 10.8 Å². The molecular weight excluding hydrogens is 395 g/mol. The van der Waals surface area contributed by atoms with Gasteiger partial charge in [0.2, 0.25) is 0 Å². The van der Waals surface area contributed by atoms with Crippen LogP contribution in [0.1, 0.15) is 11.1 Å². The summed E-state index contributed by atoms with van der Waals surface area (Å²) < 4.78 is 47.0. The van der Waals surface area contributed by atoms with Crippen molar-refractivity contribution in [1.29, 1.82) is 10.8 Å². The van der Waals surface area contributed by atoms with Crippen LogP contribution in [0.5, 0.6) is 0 Å². The average molecular weight is 411 g/mol. The largest absolute Gasteiger partial charge is 0.334 e. The van der Waals surface area contributed by atoms with Crippen molar-refractivity contribution >= 4 is 16.7 Å². The molecule has 3 aromatic heterocycles. The summed E-state index contributed by atoms with van der Waals surface area (Å²) in [6, 6.07) is 6.64. The predicted molar refractivity (Wildman–Crippen MR) is 104 cm³/mol. The summed E-state index contributed by atoms with van der Waals surface area (Å²) in [5, 5.41) is 23.9. The van der Waals surface area contributed by atoms with Crippen LogP contribution in [0.15, 0.2) is 48.9 Å². The maximum atomic E-state index is 15.2. The van der Waals surface area contributed by atoms with E-state index in [1.165, 1.54) is 35.3 Å². The van der Waals surface area contributed by atoms with Crippen molar-refractivity contribution in [3.63, 3.8) is 0 Å². The molecule has 0 aliphatic carbocycles. The smallest absolute Gasteiger partial charge is 0.283 e. The fourth-order valence-corrected chi connectivity index (χ4v) is 3.12. The van der Waals surface area contributed by atoms with Crippen LogP contribution in [0.25, 0.3) is 22.2 Å². The molecule has 0 unspecified atom stereocenters. The summed E-state index contributed by atoms with van der Waals surface area (Å²) in [6.07, 6.45) is 4.42. The minimum absolute atomic E-state index is 0.0777. The van der Waals surface area contributed by atoms with E-state index in [2.05, 4.69) is 15.2 Å². The zero-order chi connectivity index (χ0) is 21.6. The first kappa shape index (κ1) is 19.5. The Labute approximate surface area is 168 Å². The Bertz CT molecular complexity index is 1350. The van der Waals surface area contributed by atoms with Crippen molar-refractivity contribution in [2.45, 2.75) is 12.8 Å². The van der Waals surface area contributed by atoms with Crippen molar-refractivity contribution in [3.05, 3.63) is 71.4 Å². The highest BCUT2D eigenvalue weighted by Crippen LogP contribution is 2.34. The van der Waals surface area contributed by atoms with Gasteiger partial charge in [0, 0.05) is 31.2 Å². The molecule has 152 valence electrons. The molecule has 4 aromatic rings. The summed E-state index contributed by atoms with van der Waals surface area (Å²) in [7, 11) is 1.55. The number of pyridine rings is 1. The van der Waals surface area contributed by atoms with Gasteiger partial charge in [-0.3, -0.25) is 20.5 Å². The molecule has 0 saturated carbocycles. The number of hydrogen-bond acceptors (Lipinski definition) is 5. The highest BCUT2D eigenvalue weighted by atomic mass is 19.3. The van der Waals surface area contributed by atoms with Crippen molar-refractivity contribution in [2.75, 3.05) is 0 Å². The van der Waals surface area contributed by atoms with E-state index in [1.54, 1.807) is 19.3 Å². The van der Waals surface area contributed by atoms with Crippen molar-refractivity contribution in [1.82, 2.24) is 24.5 Å². The first-order valence-electron chi connectivity index (χ1n) is 8.85. The molecule has 7 nitrogen and oxygen atoms in total. The maximum absolute atomic E-state index is 15.2. The van der Waals surface area contributed by atoms with Gasteiger partial charge in [0.25, 0.3) is 0 Å². The number of nitrogens with one attached hydrogen (secondary N) is 2. The quantitative estimate of drug-likeness (QED) is 0.400. The van der Waals surface area contributed by atoms with Gasteiger partial charge in [-0.05, 0) is 42.8 Å². The summed E-state index contributed by atoms with van der Waals surface area (Å²) in [5.74, 6) is -6.54. The Morgan fingerprint density at radius 1 is 1.10 bits per heavy atom. The van der Waals surface area contributed by atoms with Gasteiger partial charge in [0.1, 0.15) is 11.3 Å². The summed E-state index contributed by atoms with van der Waals surface area (Å²) >= 11 is 0. The highest BCUT2D eigenvalue weighted by molar-refractivity contribution is 5.90. The summed E-state index contributed by atoms with van der Waals surface area (Å²) in [4.78, 5) is 4.04. The third-order valence-electron chi connectivity index (χ3n) is 4.59. The molecule has 0 saturated heterocycles. The van der Waals surface area contributed by atoms with Crippen LogP contribution >= 0.6 is 0 Å². The Kier molecular flexibility index (Phi) is 4.49. The Balaban J connectivity index is 1.81. The topological polar surface area (TPSA) is 96.2 Å². The number of halogens is 3. The second-order valence-electron chi connectivity index (χ2n) is 6.85. The lowest BCUT2D eigenvalue weighted by Crippen LogP contribution is -2.40. The zero-order valence-corrected chi connectivity index (χ0v) is 16.0. The molecule has 10 heteroatoms. The molecule has 0 amide bonds. The van der Waals surface area contributed by atoms with E-state index in [0.717, 1.165) is 11.6 Å². The molecule has 0 radical (unpaired) electrons. The van der Waals surface area contributed by atoms with Crippen LogP contribution in [0.4, 0.5) is 13.2 Å². The third-order valence-corrected chi connectivity index (χ3v) is 4.59. The molecule has 0 bridgehead atoms. The van der Waals surface area contributed by atoms with E-state index in [-0.39, 0.29) is 16.6 Å². The van der Waals surface area contributed by atoms with Crippen LogP contribution in [0.2, 0.25) is 0 Å². The molecule has 30 heavy (non-hydrogen) atoms. The van der Waals surface area contributed by atoms with E-state index < -0.39 is 28.6 Å². The summed E-state index contributed by atoms with van der Waals surface area (Å²) in [5.41, 5.74) is 0.440. The van der Waals surface area contributed by atoms with Crippen molar-refractivity contribution in [2.24, 2.45) is 7.05 Å². The van der Waals surface area contributed by atoms with Crippen LogP contribution in [0.3, 0.4) is 0 Å². The average Bonchev–Trinajstić information content (AvgIpc) is 3.09. The van der Waals surface area contributed by atoms with Crippen molar-refractivity contribution in [3.8, 4) is 11.3 Å². The predicted octanol–water partition coefficient (Wildman–Crippen LogP) is 3.38. The molecule has 0 spiro atoms. The van der Waals surface area contributed by atoms with E-state index in [0.29, 0.717) is 10.2 Å².